The van der Waals surface area contributed by atoms with E-state index in [-0.39, 0.29) is 18.1 Å². The van der Waals surface area contributed by atoms with Gasteiger partial charge in [-0.25, -0.2) is 15.0 Å². The average molecular weight is 325 g/mol. The molecule has 24 heavy (non-hydrogen) atoms. The standard InChI is InChI=1S/C17H19N5O2/c1-17(2,3)22-11-20-14-15(18-10-19-16(14)22)21-13(23)9-24-12-7-5-4-6-8-12/h4-8,10-11H,9H2,1-3H3,(H,18,19,21,23). The summed E-state index contributed by atoms with van der Waals surface area (Å²) in [5.74, 6) is 0.714. The van der Waals surface area contributed by atoms with Gasteiger partial charge in [0.2, 0.25) is 0 Å². The van der Waals surface area contributed by atoms with Crippen molar-refractivity contribution in [3.63, 3.8) is 0 Å². The fraction of sp³-hybridized carbons (Fsp3) is 0.294. The summed E-state index contributed by atoms with van der Waals surface area (Å²) in [6.45, 7) is 6.07. The van der Waals surface area contributed by atoms with Gasteiger partial charge in [0, 0.05) is 5.54 Å². The Labute approximate surface area is 139 Å². The highest BCUT2D eigenvalue weighted by molar-refractivity contribution is 5.97. The maximum absolute atomic E-state index is 12.1. The van der Waals surface area contributed by atoms with Crippen molar-refractivity contribution in [2.45, 2.75) is 26.3 Å². The molecule has 124 valence electrons. The summed E-state index contributed by atoms with van der Waals surface area (Å²) in [5.41, 5.74) is 1.07. The van der Waals surface area contributed by atoms with Crippen LogP contribution in [-0.4, -0.2) is 32.0 Å². The summed E-state index contributed by atoms with van der Waals surface area (Å²) in [6, 6.07) is 9.17. The lowest BCUT2D eigenvalue weighted by molar-refractivity contribution is -0.118. The monoisotopic (exact) mass is 325 g/mol. The Kier molecular flexibility index (Phi) is 4.16. The van der Waals surface area contributed by atoms with E-state index < -0.39 is 0 Å². The number of nitrogens with zero attached hydrogens (tertiary/aromatic N) is 4. The van der Waals surface area contributed by atoms with E-state index in [1.807, 2.05) is 22.8 Å². The van der Waals surface area contributed by atoms with Crippen LogP contribution in [0.5, 0.6) is 5.75 Å². The third-order valence-corrected chi connectivity index (χ3v) is 3.43. The van der Waals surface area contributed by atoms with Gasteiger partial charge in [0.15, 0.2) is 23.6 Å². The van der Waals surface area contributed by atoms with Crippen LogP contribution in [-0.2, 0) is 10.3 Å². The van der Waals surface area contributed by atoms with Gasteiger partial charge in [-0.3, -0.25) is 4.79 Å². The molecule has 0 fully saturated rings. The van der Waals surface area contributed by atoms with Gasteiger partial charge in [-0.1, -0.05) is 18.2 Å². The number of ether oxygens (including phenoxy) is 1. The summed E-state index contributed by atoms with van der Waals surface area (Å²) in [5, 5.41) is 2.73. The Morgan fingerprint density at radius 2 is 1.92 bits per heavy atom. The van der Waals surface area contributed by atoms with Crippen molar-refractivity contribution in [3.8, 4) is 5.75 Å². The van der Waals surface area contributed by atoms with Gasteiger partial charge in [-0.05, 0) is 32.9 Å². The lowest BCUT2D eigenvalue weighted by Gasteiger charge is -2.20. The summed E-state index contributed by atoms with van der Waals surface area (Å²) < 4.78 is 7.38. The van der Waals surface area contributed by atoms with Gasteiger partial charge >= 0.3 is 0 Å². The minimum Gasteiger partial charge on any atom is -0.484 e. The third-order valence-electron chi connectivity index (χ3n) is 3.43. The molecule has 3 aromatic rings. The number of nitrogens with one attached hydrogen (secondary N) is 1. The number of para-hydroxylation sites is 1. The molecule has 0 aliphatic heterocycles. The average Bonchev–Trinajstić information content (AvgIpc) is 2.99. The molecular weight excluding hydrogens is 306 g/mol. The van der Waals surface area contributed by atoms with E-state index in [1.165, 1.54) is 6.33 Å². The second-order valence-corrected chi connectivity index (χ2v) is 6.33. The predicted molar refractivity (Wildman–Crippen MR) is 90.9 cm³/mol. The number of hydrogen-bond donors (Lipinski definition) is 1. The Morgan fingerprint density at radius 3 is 2.62 bits per heavy atom. The highest BCUT2D eigenvalue weighted by Gasteiger charge is 2.19. The number of anilines is 1. The maximum Gasteiger partial charge on any atom is 0.263 e. The normalized spacial score (nSPS) is 11.5. The van der Waals surface area contributed by atoms with Gasteiger partial charge in [-0.15, -0.1) is 0 Å². The van der Waals surface area contributed by atoms with Crippen LogP contribution < -0.4 is 10.1 Å². The van der Waals surface area contributed by atoms with Crippen LogP contribution >= 0.6 is 0 Å². The molecule has 0 bridgehead atoms. The van der Waals surface area contributed by atoms with Gasteiger partial charge < -0.3 is 14.6 Å². The smallest absolute Gasteiger partial charge is 0.263 e. The molecule has 7 nitrogen and oxygen atoms in total. The quantitative estimate of drug-likeness (QED) is 0.797. The number of hydrogen-bond acceptors (Lipinski definition) is 5. The van der Waals surface area contributed by atoms with Gasteiger partial charge in [0.05, 0.1) is 6.33 Å². The Balaban J connectivity index is 1.75. The van der Waals surface area contributed by atoms with Gasteiger partial charge in [0.1, 0.15) is 12.1 Å². The number of amides is 1. The van der Waals surface area contributed by atoms with E-state index in [2.05, 4.69) is 41.0 Å². The minimum absolute atomic E-state index is 0.102. The van der Waals surface area contributed by atoms with Crippen LogP contribution in [0.25, 0.3) is 11.2 Å². The van der Waals surface area contributed by atoms with Gasteiger partial charge in [0.25, 0.3) is 5.91 Å². The van der Waals surface area contributed by atoms with E-state index in [0.29, 0.717) is 22.7 Å². The molecule has 0 aliphatic carbocycles. The molecule has 1 N–H and O–H groups in total. The second kappa shape index (κ2) is 6.27. The highest BCUT2D eigenvalue weighted by Crippen LogP contribution is 2.23. The number of benzene rings is 1. The molecule has 7 heteroatoms. The Morgan fingerprint density at radius 1 is 1.17 bits per heavy atom. The van der Waals surface area contributed by atoms with Crippen molar-refractivity contribution >= 4 is 22.9 Å². The zero-order valence-electron chi connectivity index (χ0n) is 13.9. The highest BCUT2D eigenvalue weighted by atomic mass is 16.5. The topological polar surface area (TPSA) is 81.9 Å². The lowest BCUT2D eigenvalue weighted by atomic mass is 10.1. The van der Waals surface area contributed by atoms with Crippen molar-refractivity contribution < 1.29 is 9.53 Å². The molecular formula is C17H19N5O2. The Hall–Kier alpha value is -2.96. The molecule has 1 amide bonds. The van der Waals surface area contributed by atoms with Crippen molar-refractivity contribution in [2.24, 2.45) is 0 Å². The summed E-state index contributed by atoms with van der Waals surface area (Å²) in [4.78, 5) is 24.8. The molecule has 2 heterocycles. The first-order valence-electron chi connectivity index (χ1n) is 7.61. The largest absolute Gasteiger partial charge is 0.484 e. The second-order valence-electron chi connectivity index (χ2n) is 6.33. The van der Waals surface area contributed by atoms with E-state index in [1.54, 1.807) is 18.5 Å². The molecule has 0 saturated heterocycles. The van der Waals surface area contributed by atoms with Crippen LogP contribution in [0.2, 0.25) is 0 Å². The number of aromatic nitrogens is 4. The molecule has 0 aliphatic rings. The van der Waals surface area contributed by atoms with E-state index >= 15 is 0 Å². The molecule has 0 saturated carbocycles. The van der Waals surface area contributed by atoms with Crippen LogP contribution in [0.4, 0.5) is 5.82 Å². The van der Waals surface area contributed by atoms with Crippen LogP contribution in [0, 0.1) is 0 Å². The lowest BCUT2D eigenvalue weighted by Crippen LogP contribution is -2.22. The first kappa shape index (κ1) is 15.9. The third kappa shape index (κ3) is 3.34. The fourth-order valence-corrected chi connectivity index (χ4v) is 2.25. The van der Waals surface area contributed by atoms with Crippen molar-refractivity contribution in [1.82, 2.24) is 19.5 Å². The number of rotatable bonds is 4. The zero-order chi connectivity index (χ0) is 17.2. The van der Waals surface area contributed by atoms with Crippen molar-refractivity contribution in [1.29, 1.82) is 0 Å². The predicted octanol–water partition coefficient (Wildman–Crippen LogP) is 2.60. The number of imidazole rings is 1. The minimum atomic E-state index is -0.302. The van der Waals surface area contributed by atoms with Crippen LogP contribution in [0.15, 0.2) is 43.0 Å². The van der Waals surface area contributed by atoms with Crippen LogP contribution in [0.1, 0.15) is 20.8 Å². The zero-order valence-corrected chi connectivity index (χ0v) is 13.9. The van der Waals surface area contributed by atoms with Crippen LogP contribution in [0.3, 0.4) is 0 Å². The fourth-order valence-electron chi connectivity index (χ4n) is 2.25. The van der Waals surface area contributed by atoms with Gasteiger partial charge in [-0.2, -0.15) is 0 Å². The molecule has 0 spiro atoms. The number of carbonyl (C=O) groups is 1. The van der Waals surface area contributed by atoms with E-state index in [4.69, 9.17) is 4.74 Å². The molecule has 3 rings (SSSR count). The van der Waals surface area contributed by atoms with Crippen molar-refractivity contribution in [3.05, 3.63) is 43.0 Å². The molecule has 1 aromatic carbocycles. The number of carbonyl (C=O) groups excluding carboxylic acids is 1. The molecule has 0 unspecified atom stereocenters. The summed E-state index contributed by atoms with van der Waals surface area (Å²) in [6.07, 6.45) is 3.12. The summed E-state index contributed by atoms with van der Waals surface area (Å²) in [7, 11) is 0. The maximum atomic E-state index is 12.1. The molecule has 0 radical (unpaired) electrons. The summed E-state index contributed by atoms with van der Waals surface area (Å²) >= 11 is 0. The first-order valence-corrected chi connectivity index (χ1v) is 7.61. The number of fused-ring (bicyclic) bond motifs is 1. The first-order chi connectivity index (χ1) is 11.4. The van der Waals surface area contributed by atoms with Crippen molar-refractivity contribution in [2.75, 3.05) is 11.9 Å². The van der Waals surface area contributed by atoms with E-state index in [0.717, 1.165) is 0 Å². The molecule has 2 aromatic heterocycles. The SMILES string of the molecule is CC(C)(C)n1cnc2c(NC(=O)COc3ccccc3)ncnc21. The van der Waals surface area contributed by atoms with E-state index in [9.17, 15) is 4.79 Å². The Bertz CT molecular complexity index is 852. The molecule has 0 atom stereocenters.